The summed E-state index contributed by atoms with van der Waals surface area (Å²) in [5.74, 6) is 0.105. The van der Waals surface area contributed by atoms with Crippen LogP contribution in [0.3, 0.4) is 0 Å². The highest BCUT2D eigenvalue weighted by atomic mass is 16.5. The lowest BCUT2D eigenvalue weighted by molar-refractivity contribution is -0.118. The van der Waals surface area contributed by atoms with E-state index in [1.54, 1.807) is 0 Å². The Labute approximate surface area is 187 Å². The van der Waals surface area contributed by atoms with E-state index < -0.39 is 12.1 Å². The molecule has 4 N–H and O–H groups in total. The first-order valence-electron chi connectivity index (χ1n) is 10.8. The van der Waals surface area contributed by atoms with Crippen molar-refractivity contribution in [2.45, 2.75) is 37.5 Å². The molecule has 3 atom stereocenters. The van der Waals surface area contributed by atoms with E-state index in [0.29, 0.717) is 18.0 Å². The fourth-order valence-corrected chi connectivity index (χ4v) is 3.61. The Bertz CT molecular complexity index is 1040. The van der Waals surface area contributed by atoms with Crippen LogP contribution in [-0.4, -0.2) is 24.1 Å². The van der Waals surface area contributed by atoms with Gasteiger partial charge in [-0.15, -0.1) is 0 Å². The summed E-state index contributed by atoms with van der Waals surface area (Å²) in [5.41, 5.74) is 9.58. The molecule has 1 fully saturated rings. The fourth-order valence-electron chi connectivity index (χ4n) is 3.61. The highest BCUT2D eigenvalue weighted by Crippen LogP contribution is 2.39. The summed E-state index contributed by atoms with van der Waals surface area (Å²) in [7, 11) is 0. The van der Waals surface area contributed by atoms with Gasteiger partial charge in [0.25, 0.3) is 0 Å². The van der Waals surface area contributed by atoms with Gasteiger partial charge in [-0.1, -0.05) is 72.8 Å². The Morgan fingerprint density at radius 2 is 1.50 bits per heavy atom. The number of nitrogens with one attached hydrogen (secondary N) is 2. The van der Waals surface area contributed by atoms with Crippen LogP contribution in [0.4, 0.5) is 10.5 Å². The molecule has 0 aliphatic heterocycles. The normalized spacial score (nSPS) is 17.8. The van der Waals surface area contributed by atoms with Gasteiger partial charge in [0.1, 0.15) is 12.6 Å². The Balaban J connectivity index is 1.39. The van der Waals surface area contributed by atoms with E-state index in [0.717, 1.165) is 17.5 Å². The van der Waals surface area contributed by atoms with Gasteiger partial charge in [0.2, 0.25) is 5.91 Å². The van der Waals surface area contributed by atoms with Crippen LogP contribution in [0.5, 0.6) is 0 Å². The smallest absolute Gasteiger partial charge is 0.408 e. The van der Waals surface area contributed by atoms with Crippen molar-refractivity contribution in [3.63, 3.8) is 0 Å². The first kappa shape index (κ1) is 21.6. The molecule has 4 rings (SSSR count). The lowest BCUT2D eigenvalue weighted by atomic mass is 10.1. The highest BCUT2D eigenvalue weighted by molar-refractivity contribution is 5.96. The van der Waals surface area contributed by atoms with Crippen LogP contribution in [-0.2, 0) is 22.6 Å². The van der Waals surface area contributed by atoms with Gasteiger partial charge in [-0.05, 0) is 35.2 Å². The Morgan fingerprint density at radius 1 is 0.906 bits per heavy atom. The van der Waals surface area contributed by atoms with Crippen molar-refractivity contribution in [3.8, 4) is 0 Å². The van der Waals surface area contributed by atoms with Crippen LogP contribution in [0.2, 0.25) is 0 Å². The fraction of sp³-hybridized carbons (Fsp3) is 0.231. The molecule has 3 aromatic rings. The number of ether oxygens (including phenoxy) is 1. The van der Waals surface area contributed by atoms with Crippen molar-refractivity contribution in [1.29, 1.82) is 0 Å². The van der Waals surface area contributed by atoms with Gasteiger partial charge in [-0.2, -0.15) is 0 Å². The SMILES string of the molecule is NC1CC1c1ccc(NC(=O)[C@H](Cc2ccccc2)NC(=O)OCc2ccccc2)cc1. The molecule has 0 radical (unpaired) electrons. The maximum Gasteiger partial charge on any atom is 0.408 e. The average molecular weight is 430 g/mol. The number of carbonyl (C=O) groups excluding carboxylic acids is 2. The predicted octanol–water partition coefficient (Wildman–Crippen LogP) is 3.98. The largest absolute Gasteiger partial charge is 0.445 e. The second-order valence-corrected chi connectivity index (χ2v) is 8.07. The minimum absolute atomic E-state index is 0.136. The van der Waals surface area contributed by atoms with Crippen LogP contribution in [0.15, 0.2) is 84.9 Å². The molecule has 0 heterocycles. The second kappa shape index (κ2) is 10.1. The van der Waals surface area contributed by atoms with Crippen molar-refractivity contribution >= 4 is 17.7 Å². The van der Waals surface area contributed by atoms with E-state index in [2.05, 4.69) is 10.6 Å². The minimum Gasteiger partial charge on any atom is -0.445 e. The molecule has 6 nitrogen and oxygen atoms in total. The summed E-state index contributed by atoms with van der Waals surface area (Å²) < 4.78 is 5.31. The quantitative estimate of drug-likeness (QED) is 0.505. The van der Waals surface area contributed by atoms with Gasteiger partial charge >= 0.3 is 6.09 Å². The lowest BCUT2D eigenvalue weighted by Crippen LogP contribution is -2.45. The zero-order chi connectivity index (χ0) is 22.3. The van der Waals surface area contributed by atoms with Crippen molar-refractivity contribution in [2.75, 3.05) is 5.32 Å². The number of alkyl carbamates (subject to hydrolysis) is 1. The van der Waals surface area contributed by atoms with E-state index >= 15 is 0 Å². The molecule has 6 heteroatoms. The first-order valence-corrected chi connectivity index (χ1v) is 10.8. The maximum atomic E-state index is 13.0. The third-order valence-electron chi connectivity index (χ3n) is 5.55. The highest BCUT2D eigenvalue weighted by Gasteiger charge is 2.34. The van der Waals surface area contributed by atoms with Crippen LogP contribution >= 0.6 is 0 Å². The summed E-state index contributed by atoms with van der Waals surface area (Å²) in [6.07, 6.45) is 0.713. The molecular weight excluding hydrogens is 402 g/mol. The van der Waals surface area contributed by atoms with Crippen LogP contribution in [0, 0.1) is 0 Å². The van der Waals surface area contributed by atoms with Crippen LogP contribution in [0.1, 0.15) is 29.0 Å². The van der Waals surface area contributed by atoms with E-state index in [1.807, 2.05) is 84.9 Å². The number of hydrogen-bond donors (Lipinski definition) is 3. The first-order chi connectivity index (χ1) is 15.6. The van der Waals surface area contributed by atoms with Gasteiger partial charge < -0.3 is 21.1 Å². The number of anilines is 1. The number of carbonyl (C=O) groups is 2. The number of nitrogens with two attached hydrogens (primary N) is 1. The number of hydrogen-bond acceptors (Lipinski definition) is 4. The molecule has 32 heavy (non-hydrogen) atoms. The molecule has 0 spiro atoms. The molecule has 0 saturated heterocycles. The van der Waals surface area contributed by atoms with Gasteiger partial charge in [0.15, 0.2) is 0 Å². The predicted molar refractivity (Wildman–Crippen MR) is 124 cm³/mol. The number of benzene rings is 3. The molecule has 1 saturated carbocycles. The molecule has 2 unspecified atom stereocenters. The summed E-state index contributed by atoms with van der Waals surface area (Å²) in [6.45, 7) is 0.136. The lowest BCUT2D eigenvalue weighted by Gasteiger charge is -2.19. The van der Waals surface area contributed by atoms with Crippen molar-refractivity contribution in [2.24, 2.45) is 5.73 Å². The monoisotopic (exact) mass is 429 g/mol. The topological polar surface area (TPSA) is 93.5 Å². The molecule has 0 bridgehead atoms. The van der Waals surface area contributed by atoms with Gasteiger partial charge in [-0.3, -0.25) is 4.79 Å². The molecule has 1 aliphatic carbocycles. The van der Waals surface area contributed by atoms with Gasteiger partial charge in [0, 0.05) is 24.1 Å². The second-order valence-electron chi connectivity index (χ2n) is 8.07. The molecule has 1 aliphatic rings. The van der Waals surface area contributed by atoms with Crippen molar-refractivity contribution in [1.82, 2.24) is 5.32 Å². The minimum atomic E-state index is -0.780. The Hall–Kier alpha value is -3.64. The third kappa shape index (κ3) is 5.95. The maximum absolute atomic E-state index is 13.0. The number of rotatable bonds is 8. The van der Waals surface area contributed by atoms with Crippen molar-refractivity contribution < 1.29 is 14.3 Å². The summed E-state index contributed by atoms with van der Waals surface area (Å²) in [6, 6.07) is 26.1. The summed E-state index contributed by atoms with van der Waals surface area (Å²) >= 11 is 0. The van der Waals surface area contributed by atoms with Crippen LogP contribution < -0.4 is 16.4 Å². The standard InChI is InChI=1S/C26H27N3O3/c27-23-16-22(23)20-11-13-21(14-12-20)28-25(30)24(15-18-7-3-1-4-8-18)29-26(31)32-17-19-9-5-2-6-10-19/h1-14,22-24H,15-17,27H2,(H,28,30)(H,29,31)/t22?,23?,24-/m0/s1. The van der Waals surface area contributed by atoms with E-state index in [9.17, 15) is 9.59 Å². The van der Waals surface area contributed by atoms with Crippen LogP contribution in [0.25, 0.3) is 0 Å². The van der Waals surface area contributed by atoms with Crippen molar-refractivity contribution in [3.05, 3.63) is 102 Å². The Kier molecular flexibility index (Phi) is 6.82. The summed E-state index contributed by atoms with van der Waals surface area (Å²) in [4.78, 5) is 25.4. The Morgan fingerprint density at radius 3 is 2.09 bits per heavy atom. The zero-order valence-electron chi connectivity index (χ0n) is 17.7. The van der Waals surface area contributed by atoms with E-state index in [-0.39, 0.29) is 18.6 Å². The average Bonchev–Trinajstić information content (AvgIpc) is 3.55. The molecule has 164 valence electrons. The van der Waals surface area contributed by atoms with E-state index in [4.69, 9.17) is 10.5 Å². The van der Waals surface area contributed by atoms with Gasteiger partial charge in [0.05, 0.1) is 0 Å². The summed E-state index contributed by atoms with van der Waals surface area (Å²) in [5, 5.41) is 5.61. The van der Waals surface area contributed by atoms with Gasteiger partial charge in [-0.25, -0.2) is 4.79 Å². The van der Waals surface area contributed by atoms with E-state index in [1.165, 1.54) is 5.56 Å². The molecule has 0 aromatic heterocycles. The third-order valence-corrected chi connectivity index (χ3v) is 5.55. The molecular formula is C26H27N3O3. The molecule has 2 amide bonds. The molecule has 3 aromatic carbocycles. The zero-order valence-corrected chi connectivity index (χ0v) is 17.7. The number of amides is 2.